The number of pyridine rings is 1. The van der Waals surface area contributed by atoms with Gasteiger partial charge in [0.1, 0.15) is 0 Å². The Balaban J connectivity index is 2.04. The molecule has 8 heteroatoms. The Morgan fingerprint density at radius 2 is 1.73 bits per heavy atom. The van der Waals surface area contributed by atoms with Gasteiger partial charge >= 0.3 is 5.97 Å². The fourth-order valence-corrected chi connectivity index (χ4v) is 3.84. The van der Waals surface area contributed by atoms with Crippen LogP contribution in [0.2, 0.25) is 15.1 Å². The topological polar surface area (TPSA) is 57.0 Å². The van der Waals surface area contributed by atoms with E-state index in [2.05, 4.69) is 10.1 Å². The zero-order valence-corrected chi connectivity index (χ0v) is 18.4. The van der Waals surface area contributed by atoms with Crippen LogP contribution >= 0.6 is 34.8 Å². The molecule has 5 nitrogen and oxygen atoms in total. The summed E-state index contributed by atoms with van der Waals surface area (Å²) in [6, 6.07) is 14.3. The van der Waals surface area contributed by atoms with Gasteiger partial charge in [0.15, 0.2) is 5.65 Å². The first-order valence-electron chi connectivity index (χ1n) is 9.18. The first-order valence-corrected chi connectivity index (χ1v) is 10.3. The molecule has 0 spiro atoms. The summed E-state index contributed by atoms with van der Waals surface area (Å²) >= 11 is 18.6. The highest BCUT2D eigenvalue weighted by Crippen LogP contribution is 2.35. The maximum Gasteiger partial charge on any atom is 0.339 e. The Hall–Kier alpha value is -2.60. The van der Waals surface area contributed by atoms with Crippen molar-refractivity contribution in [3.8, 4) is 16.9 Å². The molecule has 0 unspecified atom stereocenters. The van der Waals surface area contributed by atoms with Crippen LogP contribution in [0.3, 0.4) is 0 Å². The van der Waals surface area contributed by atoms with E-state index >= 15 is 0 Å². The van der Waals surface area contributed by atoms with Crippen LogP contribution in [0, 0.1) is 6.92 Å². The Bertz CT molecular complexity index is 1270. The van der Waals surface area contributed by atoms with Crippen LogP contribution in [0.15, 0.2) is 48.5 Å². The Labute approximate surface area is 188 Å². The van der Waals surface area contributed by atoms with Crippen molar-refractivity contribution < 1.29 is 9.53 Å². The summed E-state index contributed by atoms with van der Waals surface area (Å²) in [5.41, 5.74) is 3.62. The first kappa shape index (κ1) is 20.7. The third kappa shape index (κ3) is 3.76. The van der Waals surface area contributed by atoms with Crippen molar-refractivity contribution in [2.24, 2.45) is 0 Å². The quantitative estimate of drug-likeness (QED) is 0.325. The van der Waals surface area contributed by atoms with Crippen LogP contribution in [0.1, 0.15) is 23.0 Å². The lowest BCUT2D eigenvalue weighted by Crippen LogP contribution is -2.07. The van der Waals surface area contributed by atoms with E-state index in [1.54, 1.807) is 54.9 Å². The zero-order chi connectivity index (χ0) is 21.4. The van der Waals surface area contributed by atoms with Gasteiger partial charge in [-0.2, -0.15) is 0 Å². The lowest BCUT2D eigenvalue weighted by atomic mass is 10.1. The lowest BCUT2D eigenvalue weighted by molar-refractivity contribution is 0.0525. The van der Waals surface area contributed by atoms with Crippen LogP contribution in [0.4, 0.5) is 0 Å². The molecule has 152 valence electrons. The summed E-state index contributed by atoms with van der Waals surface area (Å²) in [4.78, 5) is 17.0. The number of nitrogens with zero attached hydrogens (tertiary/aromatic N) is 3. The Morgan fingerprint density at radius 1 is 1.03 bits per heavy atom. The number of aryl methyl sites for hydroxylation is 1. The number of carbonyl (C=O) groups is 1. The van der Waals surface area contributed by atoms with E-state index in [1.165, 1.54) is 0 Å². The average Bonchev–Trinajstić information content (AvgIpc) is 3.06. The van der Waals surface area contributed by atoms with Crippen LogP contribution in [0.5, 0.6) is 0 Å². The predicted octanol–water partition coefficient (Wildman–Crippen LogP) is 6.53. The summed E-state index contributed by atoms with van der Waals surface area (Å²) < 4.78 is 6.89. The molecule has 0 amide bonds. The van der Waals surface area contributed by atoms with Crippen LogP contribution in [-0.2, 0) is 4.74 Å². The molecule has 2 heterocycles. The molecule has 30 heavy (non-hydrogen) atoms. The lowest BCUT2D eigenvalue weighted by Gasteiger charge is -2.10. The minimum absolute atomic E-state index is 0.278. The predicted molar refractivity (Wildman–Crippen MR) is 120 cm³/mol. The molecule has 0 atom stereocenters. The van der Waals surface area contributed by atoms with Gasteiger partial charge in [-0.3, -0.25) is 0 Å². The Kier molecular flexibility index (Phi) is 5.69. The third-order valence-corrected chi connectivity index (χ3v) is 5.40. The van der Waals surface area contributed by atoms with Gasteiger partial charge < -0.3 is 4.74 Å². The fourth-order valence-electron chi connectivity index (χ4n) is 3.23. The second-order valence-corrected chi connectivity index (χ2v) is 7.86. The van der Waals surface area contributed by atoms with Gasteiger partial charge in [-0.1, -0.05) is 46.9 Å². The van der Waals surface area contributed by atoms with E-state index in [0.717, 1.165) is 11.3 Å². The molecular formula is C22H16Cl3N3O2. The molecule has 4 rings (SSSR count). The van der Waals surface area contributed by atoms with Gasteiger partial charge in [-0.15, -0.1) is 5.10 Å². The second-order valence-electron chi connectivity index (χ2n) is 6.58. The monoisotopic (exact) mass is 459 g/mol. The number of aromatic nitrogens is 3. The van der Waals surface area contributed by atoms with Gasteiger partial charge in [0.2, 0.25) is 0 Å². The molecule has 0 saturated carbocycles. The largest absolute Gasteiger partial charge is 0.462 e. The summed E-state index contributed by atoms with van der Waals surface area (Å²) in [7, 11) is 0. The molecule has 2 aromatic carbocycles. The van der Waals surface area contributed by atoms with Gasteiger partial charge in [-0.05, 0) is 50.2 Å². The van der Waals surface area contributed by atoms with E-state index in [9.17, 15) is 4.79 Å². The molecule has 2 aromatic heterocycles. The summed E-state index contributed by atoms with van der Waals surface area (Å²) in [5.74, 6) is -0.427. The maximum atomic E-state index is 12.4. The maximum absolute atomic E-state index is 12.4. The first-order chi connectivity index (χ1) is 14.4. The van der Waals surface area contributed by atoms with E-state index in [1.807, 2.05) is 12.1 Å². The smallest absolute Gasteiger partial charge is 0.339 e. The summed E-state index contributed by atoms with van der Waals surface area (Å²) in [5, 5.41) is 6.93. The van der Waals surface area contributed by atoms with Gasteiger partial charge in [0.25, 0.3) is 0 Å². The van der Waals surface area contributed by atoms with Crippen LogP contribution in [0.25, 0.3) is 28.0 Å². The van der Waals surface area contributed by atoms with E-state index in [-0.39, 0.29) is 6.61 Å². The number of benzene rings is 2. The van der Waals surface area contributed by atoms with Crippen molar-refractivity contribution in [1.29, 1.82) is 0 Å². The van der Waals surface area contributed by atoms with Crippen LogP contribution in [-0.4, -0.2) is 27.3 Å². The van der Waals surface area contributed by atoms with Crippen molar-refractivity contribution in [3.05, 3.63) is 74.9 Å². The zero-order valence-electron chi connectivity index (χ0n) is 16.1. The number of halogens is 3. The number of esters is 1. The molecular weight excluding hydrogens is 445 g/mol. The number of rotatable bonds is 4. The van der Waals surface area contributed by atoms with E-state index in [0.29, 0.717) is 43.0 Å². The highest BCUT2D eigenvalue weighted by molar-refractivity contribution is 6.35. The molecule has 0 aliphatic carbocycles. The number of carbonyl (C=O) groups excluding carboxylic acids is 1. The average molecular weight is 461 g/mol. The minimum Gasteiger partial charge on any atom is -0.462 e. The van der Waals surface area contributed by atoms with Gasteiger partial charge in [-0.25, -0.2) is 14.5 Å². The molecule has 0 aliphatic heterocycles. The molecule has 4 aromatic rings. The second kappa shape index (κ2) is 8.26. The molecule has 0 radical (unpaired) electrons. The Morgan fingerprint density at radius 3 is 2.40 bits per heavy atom. The fraction of sp³-hybridized carbons (Fsp3) is 0.136. The molecule has 0 bridgehead atoms. The number of ether oxygens (including phenoxy) is 1. The summed E-state index contributed by atoms with van der Waals surface area (Å²) in [6.45, 7) is 3.79. The molecule has 0 N–H and O–H groups in total. The third-order valence-electron chi connectivity index (χ3n) is 4.61. The highest BCUT2D eigenvalue weighted by atomic mass is 35.5. The van der Waals surface area contributed by atoms with Crippen molar-refractivity contribution >= 4 is 51.8 Å². The SMILES string of the molecule is CCOC(=O)c1cc2c(-c3ccc(Cl)cc3)n(-c3ccc(Cl)cc3Cl)nc2nc1C. The van der Waals surface area contributed by atoms with Gasteiger partial charge in [0, 0.05) is 21.0 Å². The number of fused-ring (bicyclic) bond motifs is 1. The standard InChI is InChI=1S/C22H16Cl3N3O2/c1-3-30-22(29)16-11-17-20(13-4-6-14(23)7-5-13)28(27-21(17)26-12(16)2)19-9-8-15(24)10-18(19)25/h4-11H,3H2,1-2H3. The number of hydrogen-bond acceptors (Lipinski definition) is 4. The van der Waals surface area contributed by atoms with Crippen molar-refractivity contribution in [2.75, 3.05) is 6.61 Å². The van der Waals surface area contributed by atoms with Crippen molar-refractivity contribution in [2.45, 2.75) is 13.8 Å². The van der Waals surface area contributed by atoms with Crippen LogP contribution < -0.4 is 0 Å². The van der Waals surface area contributed by atoms with Gasteiger partial charge in [0.05, 0.1) is 34.3 Å². The van der Waals surface area contributed by atoms with Crippen molar-refractivity contribution in [1.82, 2.24) is 14.8 Å². The normalized spacial score (nSPS) is 11.1. The molecule has 0 saturated heterocycles. The van der Waals surface area contributed by atoms with E-state index in [4.69, 9.17) is 39.5 Å². The number of hydrogen-bond donors (Lipinski definition) is 0. The molecule has 0 fully saturated rings. The molecule has 0 aliphatic rings. The highest BCUT2D eigenvalue weighted by Gasteiger charge is 2.21. The van der Waals surface area contributed by atoms with E-state index < -0.39 is 5.97 Å². The summed E-state index contributed by atoms with van der Waals surface area (Å²) in [6.07, 6.45) is 0. The minimum atomic E-state index is -0.427. The van der Waals surface area contributed by atoms with Crippen molar-refractivity contribution in [3.63, 3.8) is 0 Å².